The van der Waals surface area contributed by atoms with Crippen LogP contribution in [0.15, 0.2) is 6.20 Å². The summed E-state index contributed by atoms with van der Waals surface area (Å²) in [4.78, 5) is 18.4. The van der Waals surface area contributed by atoms with Crippen LogP contribution in [-0.4, -0.2) is 30.7 Å². The van der Waals surface area contributed by atoms with Crippen molar-refractivity contribution in [1.82, 2.24) is 19.6 Å². The third-order valence-electron chi connectivity index (χ3n) is 1.73. The van der Waals surface area contributed by atoms with Crippen LogP contribution in [0.2, 0.25) is 0 Å². The minimum absolute atomic E-state index is 0.00130. The van der Waals surface area contributed by atoms with Gasteiger partial charge < -0.3 is 5.11 Å². The van der Waals surface area contributed by atoms with E-state index in [4.69, 9.17) is 5.11 Å². The van der Waals surface area contributed by atoms with Crippen molar-refractivity contribution < 1.29 is 9.90 Å². The number of nitrogens with zero attached hydrogens (tertiary/aromatic N) is 3. The number of fused-ring (bicyclic) bond motifs is 1. The quantitative estimate of drug-likeness (QED) is 0.697. The molecule has 0 fully saturated rings. The van der Waals surface area contributed by atoms with Gasteiger partial charge in [-0.3, -0.25) is 5.10 Å². The van der Waals surface area contributed by atoms with Crippen molar-refractivity contribution >= 4 is 11.7 Å². The molecule has 6 nitrogen and oxygen atoms in total. The van der Waals surface area contributed by atoms with Crippen LogP contribution < -0.4 is 0 Å². The maximum atomic E-state index is 10.5. The van der Waals surface area contributed by atoms with Gasteiger partial charge in [0.05, 0.1) is 6.20 Å². The molecule has 0 amide bonds. The molecule has 0 spiro atoms. The average Bonchev–Trinajstić information content (AvgIpc) is 2.58. The first kappa shape index (κ1) is 7.78. The molecule has 0 unspecified atom stereocenters. The first-order valence-corrected chi connectivity index (χ1v) is 3.88. The predicted molar refractivity (Wildman–Crippen MR) is 43.7 cm³/mol. The summed E-state index contributed by atoms with van der Waals surface area (Å²) < 4.78 is 1.50. The Morgan fingerprint density at radius 2 is 2.46 bits per heavy atom. The number of aromatic nitrogens is 4. The van der Waals surface area contributed by atoms with Crippen molar-refractivity contribution in [3.8, 4) is 0 Å². The molecule has 0 saturated carbocycles. The Kier molecular flexibility index (Phi) is 1.54. The average molecular weight is 180 g/mol. The molecule has 0 aromatic carbocycles. The van der Waals surface area contributed by atoms with Gasteiger partial charge in [0.2, 0.25) is 0 Å². The zero-order chi connectivity index (χ0) is 9.42. The lowest BCUT2D eigenvalue weighted by molar-refractivity contribution is 0.0691. The highest BCUT2D eigenvalue weighted by molar-refractivity contribution is 5.85. The van der Waals surface area contributed by atoms with E-state index in [9.17, 15) is 4.79 Å². The van der Waals surface area contributed by atoms with Crippen molar-refractivity contribution in [2.45, 2.75) is 13.3 Å². The second-order valence-electron chi connectivity index (χ2n) is 2.63. The van der Waals surface area contributed by atoms with E-state index in [2.05, 4.69) is 15.1 Å². The van der Waals surface area contributed by atoms with E-state index in [-0.39, 0.29) is 5.69 Å². The molecule has 0 aliphatic heterocycles. The van der Waals surface area contributed by atoms with Gasteiger partial charge in [0, 0.05) is 6.42 Å². The molecule has 2 N–H and O–H groups in total. The number of carbonyl (C=O) groups is 1. The summed E-state index contributed by atoms with van der Waals surface area (Å²) in [6.07, 6.45) is 2.18. The number of aromatic carboxylic acids is 1. The maximum Gasteiger partial charge on any atom is 0.356 e. The summed E-state index contributed by atoms with van der Waals surface area (Å²) in [5.41, 5.74) is 0.00130. The molecule has 0 radical (unpaired) electrons. The first-order valence-electron chi connectivity index (χ1n) is 3.88. The lowest BCUT2D eigenvalue weighted by atomic mass is 10.5. The molecule has 0 aliphatic carbocycles. The summed E-state index contributed by atoms with van der Waals surface area (Å²) in [5.74, 6) is 0.144. The van der Waals surface area contributed by atoms with Crippen molar-refractivity contribution in [1.29, 1.82) is 0 Å². The van der Waals surface area contributed by atoms with Gasteiger partial charge in [0.1, 0.15) is 5.82 Å². The fraction of sp³-hybridized carbons (Fsp3) is 0.286. The summed E-state index contributed by atoms with van der Waals surface area (Å²) in [7, 11) is 0. The van der Waals surface area contributed by atoms with Gasteiger partial charge in [-0.25, -0.2) is 14.3 Å². The third kappa shape index (κ3) is 1.16. The van der Waals surface area contributed by atoms with Gasteiger partial charge in [0.25, 0.3) is 5.78 Å². The number of H-pyrrole nitrogens is 1. The number of hydrogen-bond donors (Lipinski definition) is 2. The fourth-order valence-electron chi connectivity index (χ4n) is 1.08. The monoisotopic (exact) mass is 180 g/mol. The van der Waals surface area contributed by atoms with Crippen LogP contribution in [0, 0.1) is 0 Å². The third-order valence-corrected chi connectivity index (χ3v) is 1.73. The zero-order valence-electron chi connectivity index (χ0n) is 6.98. The fourth-order valence-corrected chi connectivity index (χ4v) is 1.08. The normalized spacial score (nSPS) is 10.8. The SMILES string of the molecule is CCc1nc2nc(C(=O)O)cn2[nH]1. The van der Waals surface area contributed by atoms with Crippen LogP contribution in [0.4, 0.5) is 0 Å². The molecule has 2 aromatic rings. The molecule has 2 aromatic heterocycles. The Morgan fingerprint density at radius 3 is 3.00 bits per heavy atom. The minimum Gasteiger partial charge on any atom is -0.476 e. The molecule has 2 heterocycles. The van der Waals surface area contributed by atoms with Crippen LogP contribution in [-0.2, 0) is 6.42 Å². The van der Waals surface area contributed by atoms with Gasteiger partial charge in [-0.2, -0.15) is 4.98 Å². The molecule has 13 heavy (non-hydrogen) atoms. The maximum absolute atomic E-state index is 10.5. The number of hydrogen-bond acceptors (Lipinski definition) is 3. The number of nitrogens with one attached hydrogen (secondary N) is 1. The van der Waals surface area contributed by atoms with Gasteiger partial charge in [-0.1, -0.05) is 6.92 Å². The molecule has 0 bridgehead atoms. The van der Waals surface area contributed by atoms with E-state index in [0.717, 1.165) is 12.2 Å². The van der Waals surface area contributed by atoms with E-state index in [1.165, 1.54) is 10.7 Å². The zero-order valence-corrected chi connectivity index (χ0v) is 6.98. The molecule has 68 valence electrons. The highest BCUT2D eigenvalue weighted by Crippen LogP contribution is 2.02. The van der Waals surface area contributed by atoms with Crippen LogP contribution in [0.25, 0.3) is 5.78 Å². The van der Waals surface area contributed by atoms with Gasteiger partial charge in [-0.15, -0.1) is 0 Å². The van der Waals surface area contributed by atoms with Crippen LogP contribution >= 0.6 is 0 Å². The number of aryl methyl sites for hydroxylation is 1. The number of carboxylic acids is 1. The second-order valence-corrected chi connectivity index (χ2v) is 2.63. The summed E-state index contributed by atoms with van der Waals surface area (Å²) in [5, 5.41) is 11.5. The van der Waals surface area contributed by atoms with Gasteiger partial charge >= 0.3 is 5.97 Å². The van der Waals surface area contributed by atoms with E-state index in [0.29, 0.717) is 5.78 Å². The predicted octanol–water partition coefficient (Wildman–Crippen LogP) is 0.318. The van der Waals surface area contributed by atoms with Crippen molar-refractivity contribution in [3.63, 3.8) is 0 Å². The molecule has 0 atom stereocenters. The number of carboxylic acid groups (broad SMARTS) is 1. The lowest BCUT2D eigenvalue weighted by Crippen LogP contribution is -1.96. The van der Waals surface area contributed by atoms with E-state index < -0.39 is 5.97 Å². The molecule has 0 saturated heterocycles. The standard InChI is InChI=1S/C7H8N4O2/c1-2-5-9-7-8-4(6(12)13)3-11(7)10-5/h3H,2H2,1H3,(H,12,13)(H,8,9,10). The Bertz CT molecular complexity index is 424. The van der Waals surface area contributed by atoms with Crippen LogP contribution in [0.5, 0.6) is 0 Å². The van der Waals surface area contributed by atoms with Gasteiger partial charge in [-0.05, 0) is 0 Å². The van der Waals surface area contributed by atoms with E-state index in [1.807, 2.05) is 6.92 Å². The summed E-state index contributed by atoms with van der Waals surface area (Å²) in [6, 6.07) is 0. The number of imidazole rings is 1. The summed E-state index contributed by atoms with van der Waals surface area (Å²) >= 11 is 0. The largest absolute Gasteiger partial charge is 0.476 e. The van der Waals surface area contributed by atoms with Crippen molar-refractivity contribution in [2.75, 3.05) is 0 Å². The second kappa shape index (κ2) is 2.58. The minimum atomic E-state index is -1.04. The first-order chi connectivity index (χ1) is 6.20. The molecule has 6 heteroatoms. The highest BCUT2D eigenvalue weighted by atomic mass is 16.4. The van der Waals surface area contributed by atoms with Gasteiger partial charge in [0.15, 0.2) is 5.69 Å². The molecule has 2 rings (SSSR count). The molecular weight excluding hydrogens is 172 g/mol. The molecular formula is C7H8N4O2. The Balaban J connectivity index is 2.54. The van der Waals surface area contributed by atoms with E-state index >= 15 is 0 Å². The van der Waals surface area contributed by atoms with E-state index in [1.54, 1.807) is 0 Å². The van der Waals surface area contributed by atoms with Crippen molar-refractivity contribution in [2.24, 2.45) is 0 Å². The lowest BCUT2D eigenvalue weighted by Gasteiger charge is -1.84. The Morgan fingerprint density at radius 1 is 1.69 bits per heavy atom. The Hall–Kier alpha value is -1.85. The summed E-state index contributed by atoms with van der Waals surface area (Å²) in [6.45, 7) is 1.95. The highest BCUT2D eigenvalue weighted by Gasteiger charge is 2.10. The smallest absolute Gasteiger partial charge is 0.356 e. The Labute approximate surface area is 73.2 Å². The topological polar surface area (TPSA) is 83.3 Å². The number of rotatable bonds is 2. The number of aromatic amines is 1. The van der Waals surface area contributed by atoms with Crippen LogP contribution in [0.3, 0.4) is 0 Å². The molecule has 0 aliphatic rings. The van der Waals surface area contributed by atoms with Crippen LogP contribution in [0.1, 0.15) is 23.2 Å². The van der Waals surface area contributed by atoms with Crippen molar-refractivity contribution in [3.05, 3.63) is 17.7 Å².